The average molecular weight is 349 g/mol. The van der Waals surface area contributed by atoms with E-state index in [1.165, 1.54) is 7.11 Å². The van der Waals surface area contributed by atoms with Gasteiger partial charge < -0.3 is 9.64 Å². The SMILES string of the molecule is COc1c(C(=O)N2CCCC[C@H]2C)nnn1Cc1ccccc1Cl. The van der Waals surface area contributed by atoms with Crippen LogP contribution in [0.1, 0.15) is 42.2 Å². The molecular weight excluding hydrogens is 328 g/mol. The predicted molar refractivity (Wildman–Crippen MR) is 91.5 cm³/mol. The van der Waals surface area contributed by atoms with Gasteiger partial charge in [0.05, 0.1) is 13.7 Å². The van der Waals surface area contributed by atoms with E-state index in [2.05, 4.69) is 17.2 Å². The number of likely N-dealkylation sites (tertiary alicyclic amines) is 1. The van der Waals surface area contributed by atoms with Crippen LogP contribution in [0.4, 0.5) is 0 Å². The average Bonchev–Trinajstić information content (AvgIpc) is 2.99. The standard InChI is InChI=1S/C17H21ClN4O2/c1-12-7-5-6-10-21(12)16(23)15-17(24-2)22(20-19-15)11-13-8-3-4-9-14(13)18/h3-4,8-9,12H,5-7,10-11H2,1-2H3/t12-/m1/s1. The van der Waals surface area contributed by atoms with Crippen LogP contribution in [-0.2, 0) is 6.54 Å². The fourth-order valence-electron chi connectivity index (χ4n) is 3.07. The molecule has 1 atom stereocenters. The Hall–Kier alpha value is -2.08. The first-order chi connectivity index (χ1) is 11.6. The second-order valence-electron chi connectivity index (χ2n) is 6.04. The van der Waals surface area contributed by atoms with Crippen molar-refractivity contribution in [2.75, 3.05) is 13.7 Å². The molecule has 128 valence electrons. The van der Waals surface area contributed by atoms with Gasteiger partial charge in [0.25, 0.3) is 5.91 Å². The molecule has 1 amide bonds. The van der Waals surface area contributed by atoms with E-state index in [9.17, 15) is 4.79 Å². The molecule has 1 saturated heterocycles. The summed E-state index contributed by atoms with van der Waals surface area (Å²) in [7, 11) is 1.53. The van der Waals surface area contributed by atoms with Crippen molar-refractivity contribution in [1.82, 2.24) is 19.9 Å². The van der Waals surface area contributed by atoms with E-state index in [1.54, 1.807) is 4.68 Å². The summed E-state index contributed by atoms with van der Waals surface area (Å²) >= 11 is 6.20. The summed E-state index contributed by atoms with van der Waals surface area (Å²) in [6, 6.07) is 7.73. The van der Waals surface area contributed by atoms with Gasteiger partial charge in [0, 0.05) is 17.6 Å². The van der Waals surface area contributed by atoms with E-state index in [-0.39, 0.29) is 17.6 Å². The largest absolute Gasteiger partial charge is 0.479 e. The molecular formula is C17H21ClN4O2. The van der Waals surface area contributed by atoms with E-state index in [0.717, 1.165) is 31.4 Å². The number of carbonyl (C=O) groups excluding carboxylic acids is 1. The van der Waals surface area contributed by atoms with Crippen molar-refractivity contribution in [2.24, 2.45) is 0 Å². The lowest BCUT2D eigenvalue weighted by Gasteiger charge is -2.32. The van der Waals surface area contributed by atoms with Crippen LogP contribution in [0.15, 0.2) is 24.3 Å². The third-order valence-corrected chi connectivity index (χ3v) is 4.80. The first-order valence-corrected chi connectivity index (χ1v) is 8.51. The minimum Gasteiger partial charge on any atom is -0.479 e. The van der Waals surface area contributed by atoms with Crippen molar-refractivity contribution < 1.29 is 9.53 Å². The fourth-order valence-corrected chi connectivity index (χ4v) is 3.26. The summed E-state index contributed by atoms with van der Waals surface area (Å²) in [6.45, 7) is 3.22. The second kappa shape index (κ2) is 7.21. The van der Waals surface area contributed by atoms with Gasteiger partial charge in [0.2, 0.25) is 11.6 Å². The van der Waals surface area contributed by atoms with Gasteiger partial charge in [-0.15, -0.1) is 5.10 Å². The predicted octanol–water partition coefficient (Wildman–Crippen LogP) is 3.00. The second-order valence-corrected chi connectivity index (χ2v) is 6.45. The summed E-state index contributed by atoms with van der Waals surface area (Å²) in [5, 5.41) is 8.82. The third-order valence-electron chi connectivity index (χ3n) is 4.43. The lowest BCUT2D eigenvalue weighted by molar-refractivity contribution is 0.0625. The van der Waals surface area contributed by atoms with Crippen molar-refractivity contribution in [3.8, 4) is 5.88 Å². The van der Waals surface area contributed by atoms with Crippen molar-refractivity contribution in [1.29, 1.82) is 0 Å². The van der Waals surface area contributed by atoms with Crippen LogP contribution < -0.4 is 4.74 Å². The molecule has 1 aliphatic rings. The topological polar surface area (TPSA) is 60.2 Å². The van der Waals surface area contributed by atoms with Crippen molar-refractivity contribution >= 4 is 17.5 Å². The zero-order valence-electron chi connectivity index (χ0n) is 13.9. The minimum atomic E-state index is -0.121. The molecule has 0 unspecified atom stereocenters. The maximum absolute atomic E-state index is 12.8. The van der Waals surface area contributed by atoms with Gasteiger partial charge in [-0.2, -0.15) is 0 Å². The van der Waals surface area contributed by atoms with Crippen LogP contribution in [0.25, 0.3) is 0 Å². The number of hydrogen-bond acceptors (Lipinski definition) is 4. The molecule has 0 spiro atoms. The molecule has 1 aliphatic heterocycles. The molecule has 0 aliphatic carbocycles. The summed E-state index contributed by atoms with van der Waals surface area (Å²) < 4.78 is 7.00. The summed E-state index contributed by atoms with van der Waals surface area (Å²) in [6.07, 6.45) is 3.19. The van der Waals surface area contributed by atoms with Gasteiger partial charge in [0.15, 0.2) is 0 Å². The van der Waals surface area contributed by atoms with Gasteiger partial charge in [-0.05, 0) is 37.8 Å². The minimum absolute atomic E-state index is 0.121. The highest BCUT2D eigenvalue weighted by atomic mass is 35.5. The van der Waals surface area contributed by atoms with E-state index >= 15 is 0 Å². The van der Waals surface area contributed by atoms with Gasteiger partial charge in [-0.1, -0.05) is 35.0 Å². The number of piperidine rings is 1. The highest BCUT2D eigenvalue weighted by molar-refractivity contribution is 6.31. The Morgan fingerprint density at radius 3 is 2.88 bits per heavy atom. The molecule has 1 fully saturated rings. The maximum atomic E-state index is 12.8. The smallest absolute Gasteiger partial charge is 0.280 e. The maximum Gasteiger partial charge on any atom is 0.280 e. The zero-order chi connectivity index (χ0) is 17.1. The summed E-state index contributed by atoms with van der Waals surface area (Å²) in [4.78, 5) is 14.7. The first kappa shape index (κ1) is 16.8. The Morgan fingerprint density at radius 1 is 1.38 bits per heavy atom. The monoisotopic (exact) mass is 348 g/mol. The van der Waals surface area contributed by atoms with Gasteiger partial charge >= 0.3 is 0 Å². The lowest BCUT2D eigenvalue weighted by atomic mass is 10.0. The normalized spacial score (nSPS) is 17.8. The number of amides is 1. The van der Waals surface area contributed by atoms with Crippen LogP contribution in [-0.4, -0.2) is 45.5 Å². The van der Waals surface area contributed by atoms with E-state index in [0.29, 0.717) is 17.4 Å². The molecule has 0 saturated carbocycles. The highest BCUT2D eigenvalue weighted by Gasteiger charge is 2.30. The van der Waals surface area contributed by atoms with Crippen LogP contribution in [0, 0.1) is 0 Å². The van der Waals surface area contributed by atoms with E-state index in [4.69, 9.17) is 16.3 Å². The van der Waals surface area contributed by atoms with Crippen molar-refractivity contribution in [2.45, 2.75) is 38.8 Å². The first-order valence-electron chi connectivity index (χ1n) is 8.13. The summed E-state index contributed by atoms with van der Waals surface area (Å²) in [5.41, 5.74) is 1.16. The van der Waals surface area contributed by atoms with Crippen LogP contribution in [0.3, 0.4) is 0 Å². The van der Waals surface area contributed by atoms with Crippen LogP contribution in [0.5, 0.6) is 5.88 Å². The fraction of sp³-hybridized carbons (Fsp3) is 0.471. The number of hydrogen-bond donors (Lipinski definition) is 0. The number of rotatable bonds is 4. The van der Waals surface area contributed by atoms with Crippen molar-refractivity contribution in [3.05, 3.63) is 40.5 Å². The Balaban J connectivity index is 1.86. The molecule has 3 rings (SSSR count). The van der Waals surface area contributed by atoms with Crippen LogP contribution >= 0.6 is 11.6 Å². The third kappa shape index (κ3) is 3.24. The number of halogens is 1. The molecule has 24 heavy (non-hydrogen) atoms. The quantitative estimate of drug-likeness (QED) is 0.852. The van der Waals surface area contributed by atoms with E-state index in [1.807, 2.05) is 29.2 Å². The number of ether oxygens (including phenoxy) is 1. The Morgan fingerprint density at radius 2 is 2.17 bits per heavy atom. The molecule has 7 heteroatoms. The van der Waals surface area contributed by atoms with Crippen LogP contribution in [0.2, 0.25) is 5.02 Å². The molecule has 0 radical (unpaired) electrons. The molecule has 1 aromatic heterocycles. The number of methoxy groups -OCH3 is 1. The number of aromatic nitrogens is 3. The van der Waals surface area contributed by atoms with Gasteiger partial charge in [0.1, 0.15) is 0 Å². The summed E-state index contributed by atoms with van der Waals surface area (Å²) in [5.74, 6) is 0.252. The molecule has 2 aromatic rings. The zero-order valence-corrected chi connectivity index (χ0v) is 14.7. The van der Waals surface area contributed by atoms with Gasteiger partial charge in [-0.3, -0.25) is 4.79 Å². The molecule has 0 N–H and O–H groups in total. The Bertz CT molecular complexity index is 731. The lowest BCUT2D eigenvalue weighted by Crippen LogP contribution is -2.42. The molecule has 2 heterocycles. The molecule has 1 aromatic carbocycles. The van der Waals surface area contributed by atoms with Crippen molar-refractivity contribution in [3.63, 3.8) is 0 Å². The molecule has 0 bridgehead atoms. The van der Waals surface area contributed by atoms with Gasteiger partial charge in [-0.25, -0.2) is 4.68 Å². The Labute approximate surface area is 146 Å². The van der Waals surface area contributed by atoms with E-state index < -0.39 is 0 Å². The number of nitrogens with zero attached hydrogens (tertiary/aromatic N) is 4. The Kier molecular flexibility index (Phi) is 5.04. The highest BCUT2D eigenvalue weighted by Crippen LogP contribution is 2.24. The molecule has 6 nitrogen and oxygen atoms in total. The number of carbonyl (C=O) groups is 1. The number of benzene rings is 1.